The number of rotatable bonds is 3. The van der Waals surface area contributed by atoms with Crippen molar-refractivity contribution < 1.29 is 4.39 Å². The van der Waals surface area contributed by atoms with Crippen LogP contribution in [0.5, 0.6) is 0 Å². The molecule has 1 unspecified atom stereocenters. The van der Waals surface area contributed by atoms with Crippen molar-refractivity contribution in [2.75, 3.05) is 7.05 Å². The van der Waals surface area contributed by atoms with Crippen LogP contribution in [0.1, 0.15) is 34.1 Å². The van der Waals surface area contributed by atoms with E-state index in [9.17, 15) is 4.39 Å². The predicted octanol–water partition coefficient (Wildman–Crippen LogP) is 2.85. The number of aromatic nitrogens is 2. The van der Waals surface area contributed by atoms with Crippen LogP contribution in [0.4, 0.5) is 4.39 Å². The monoisotopic (exact) mass is 259 g/mol. The minimum Gasteiger partial charge on any atom is -0.309 e. The minimum atomic E-state index is -0.214. The van der Waals surface area contributed by atoms with Crippen LogP contribution < -0.4 is 5.32 Å². The molecule has 1 N–H and O–H groups in total. The zero-order valence-electron chi connectivity index (χ0n) is 11.7. The Morgan fingerprint density at radius 2 is 1.79 bits per heavy atom. The first-order valence-electron chi connectivity index (χ1n) is 6.27. The second-order valence-corrected chi connectivity index (χ2v) is 4.77. The van der Waals surface area contributed by atoms with Crippen LogP contribution in [0.3, 0.4) is 0 Å². The van der Waals surface area contributed by atoms with Crippen LogP contribution in [0.2, 0.25) is 0 Å². The molecule has 0 saturated carbocycles. The van der Waals surface area contributed by atoms with Gasteiger partial charge in [0.1, 0.15) is 5.82 Å². The van der Waals surface area contributed by atoms with Crippen LogP contribution in [-0.2, 0) is 0 Å². The van der Waals surface area contributed by atoms with E-state index < -0.39 is 0 Å². The van der Waals surface area contributed by atoms with E-state index in [0.29, 0.717) is 5.56 Å². The molecule has 4 heteroatoms. The van der Waals surface area contributed by atoms with Crippen molar-refractivity contribution in [3.05, 3.63) is 58.2 Å². The van der Waals surface area contributed by atoms with Gasteiger partial charge >= 0.3 is 0 Å². The second kappa shape index (κ2) is 5.45. The summed E-state index contributed by atoms with van der Waals surface area (Å²) in [5.74, 6) is -0.209. The van der Waals surface area contributed by atoms with Crippen molar-refractivity contribution in [2.45, 2.75) is 26.8 Å². The Bertz CT molecular complexity index is 544. The van der Waals surface area contributed by atoms with Gasteiger partial charge in [0.05, 0.1) is 17.4 Å². The number of nitrogens with zero attached hydrogens (tertiary/aromatic N) is 2. The summed E-state index contributed by atoms with van der Waals surface area (Å²) in [5.41, 5.74) is 4.27. The normalized spacial score (nSPS) is 12.5. The Morgan fingerprint density at radius 1 is 1.05 bits per heavy atom. The molecule has 100 valence electrons. The molecule has 2 rings (SSSR count). The number of aryl methyl sites for hydroxylation is 3. The van der Waals surface area contributed by atoms with Gasteiger partial charge in [-0.1, -0.05) is 17.7 Å². The molecule has 19 heavy (non-hydrogen) atoms. The molecule has 0 radical (unpaired) electrons. The van der Waals surface area contributed by atoms with Crippen molar-refractivity contribution in [3.8, 4) is 0 Å². The van der Waals surface area contributed by atoms with Gasteiger partial charge in [-0.2, -0.15) is 10.2 Å². The maximum atomic E-state index is 14.0. The number of hydrogen-bond donors (Lipinski definition) is 1. The lowest BCUT2D eigenvalue weighted by atomic mass is 9.96. The number of halogens is 1. The Balaban J connectivity index is 2.55. The summed E-state index contributed by atoms with van der Waals surface area (Å²) in [6, 6.07) is 6.88. The van der Waals surface area contributed by atoms with Gasteiger partial charge in [0.2, 0.25) is 0 Å². The molecule has 0 bridgehead atoms. The van der Waals surface area contributed by atoms with Gasteiger partial charge in [-0.15, -0.1) is 0 Å². The average molecular weight is 259 g/mol. The van der Waals surface area contributed by atoms with Crippen molar-refractivity contribution in [3.63, 3.8) is 0 Å². The number of benzene rings is 1. The zero-order valence-corrected chi connectivity index (χ0v) is 11.7. The topological polar surface area (TPSA) is 37.8 Å². The summed E-state index contributed by atoms with van der Waals surface area (Å²) >= 11 is 0. The average Bonchev–Trinajstić information content (AvgIpc) is 2.38. The van der Waals surface area contributed by atoms with Crippen LogP contribution >= 0.6 is 0 Å². The number of hydrogen-bond acceptors (Lipinski definition) is 3. The van der Waals surface area contributed by atoms with Crippen LogP contribution in [-0.4, -0.2) is 17.2 Å². The molecule has 1 atom stereocenters. The minimum absolute atomic E-state index is 0.209. The molecule has 1 heterocycles. The molecule has 0 aliphatic heterocycles. The molecule has 0 amide bonds. The first-order chi connectivity index (χ1) is 9.02. The Kier molecular flexibility index (Phi) is 3.90. The predicted molar refractivity (Wildman–Crippen MR) is 73.5 cm³/mol. The van der Waals surface area contributed by atoms with E-state index in [-0.39, 0.29) is 11.9 Å². The Morgan fingerprint density at radius 3 is 2.47 bits per heavy atom. The Labute approximate surface area is 112 Å². The van der Waals surface area contributed by atoms with Crippen LogP contribution in [0.25, 0.3) is 0 Å². The van der Waals surface area contributed by atoms with Gasteiger partial charge in [-0.3, -0.25) is 0 Å². The quantitative estimate of drug-likeness (QED) is 0.921. The third-order valence-electron chi connectivity index (χ3n) is 3.20. The Hall–Kier alpha value is -1.81. The first kappa shape index (κ1) is 13.6. The summed E-state index contributed by atoms with van der Waals surface area (Å²) in [6.45, 7) is 5.73. The second-order valence-electron chi connectivity index (χ2n) is 4.77. The van der Waals surface area contributed by atoms with E-state index in [1.54, 1.807) is 6.07 Å². The molecule has 1 aromatic heterocycles. The van der Waals surface area contributed by atoms with Gasteiger partial charge in [0.25, 0.3) is 0 Å². The van der Waals surface area contributed by atoms with Gasteiger partial charge in [0.15, 0.2) is 0 Å². The van der Waals surface area contributed by atoms with E-state index in [2.05, 4.69) is 15.5 Å². The highest BCUT2D eigenvalue weighted by Gasteiger charge is 2.19. The molecule has 0 aliphatic carbocycles. The molecule has 0 spiro atoms. The summed E-state index contributed by atoms with van der Waals surface area (Å²) in [5, 5.41) is 11.3. The molecule has 0 saturated heterocycles. The van der Waals surface area contributed by atoms with Gasteiger partial charge in [-0.25, -0.2) is 4.39 Å². The highest BCUT2D eigenvalue weighted by molar-refractivity contribution is 5.36. The maximum Gasteiger partial charge on any atom is 0.128 e. The van der Waals surface area contributed by atoms with E-state index in [1.165, 1.54) is 6.07 Å². The lowest BCUT2D eigenvalue weighted by molar-refractivity contribution is 0.572. The lowest BCUT2D eigenvalue weighted by Crippen LogP contribution is -2.21. The molecular weight excluding hydrogens is 241 g/mol. The SMILES string of the molecule is CNC(c1cc(C)ccc1F)c1cc(C)nnc1C. The van der Waals surface area contributed by atoms with Crippen molar-refractivity contribution in [1.82, 2.24) is 15.5 Å². The molecule has 0 fully saturated rings. The fourth-order valence-electron chi connectivity index (χ4n) is 2.23. The van der Waals surface area contributed by atoms with Crippen molar-refractivity contribution in [2.24, 2.45) is 0 Å². The summed E-state index contributed by atoms with van der Waals surface area (Å²) in [4.78, 5) is 0. The van der Waals surface area contributed by atoms with E-state index in [1.807, 2.05) is 40.0 Å². The first-order valence-corrected chi connectivity index (χ1v) is 6.27. The molecule has 3 nitrogen and oxygen atoms in total. The van der Waals surface area contributed by atoms with Gasteiger partial charge in [-0.05, 0) is 45.5 Å². The fourth-order valence-corrected chi connectivity index (χ4v) is 2.23. The third-order valence-corrected chi connectivity index (χ3v) is 3.20. The largest absolute Gasteiger partial charge is 0.309 e. The smallest absolute Gasteiger partial charge is 0.128 e. The highest BCUT2D eigenvalue weighted by Crippen LogP contribution is 2.26. The van der Waals surface area contributed by atoms with Crippen LogP contribution in [0.15, 0.2) is 24.3 Å². The summed E-state index contributed by atoms with van der Waals surface area (Å²) < 4.78 is 14.0. The van der Waals surface area contributed by atoms with Crippen molar-refractivity contribution >= 4 is 0 Å². The number of nitrogens with one attached hydrogen (secondary N) is 1. The third kappa shape index (κ3) is 2.79. The van der Waals surface area contributed by atoms with Gasteiger partial charge < -0.3 is 5.32 Å². The lowest BCUT2D eigenvalue weighted by Gasteiger charge is -2.20. The molecule has 2 aromatic rings. The maximum absolute atomic E-state index is 14.0. The van der Waals surface area contributed by atoms with Crippen LogP contribution in [0, 0.1) is 26.6 Å². The molecule has 0 aliphatic rings. The van der Waals surface area contributed by atoms with E-state index in [0.717, 1.165) is 22.5 Å². The summed E-state index contributed by atoms with van der Waals surface area (Å²) in [7, 11) is 1.82. The zero-order chi connectivity index (χ0) is 14.0. The highest BCUT2D eigenvalue weighted by atomic mass is 19.1. The van der Waals surface area contributed by atoms with E-state index >= 15 is 0 Å². The van der Waals surface area contributed by atoms with E-state index in [4.69, 9.17) is 0 Å². The molecular formula is C15H18FN3. The molecule has 1 aromatic carbocycles. The van der Waals surface area contributed by atoms with Crippen molar-refractivity contribution in [1.29, 1.82) is 0 Å². The summed E-state index contributed by atoms with van der Waals surface area (Å²) in [6.07, 6.45) is 0. The van der Waals surface area contributed by atoms with Gasteiger partial charge in [0, 0.05) is 5.56 Å². The fraction of sp³-hybridized carbons (Fsp3) is 0.333. The standard InChI is InChI=1S/C15H18FN3/c1-9-5-6-14(16)13(7-9)15(17-4)12-8-10(2)18-19-11(12)3/h5-8,15,17H,1-4H3.